The topological polar surface area (TPSA) is 90.1 Å². The van der Waals surface area contributed by atoms with Crippen LogP contribution in [0.2, 0.25) is 0 Å². The summed E-state index contributed by atoms with van der Waals surface area (Å²) in [5.74, 6) is -0.425. The van der Waals surface area contributed by atoms with Gasteiger partial charge in [-0.05, 0) is 81.3 Å². The molecule has 0 saturated carbocycles. The van der Waals surface area contributed by atoms with Gasteiger partial charge in [0, 0.05) is 30.9 Å². The molecule has 3 N–H and O–H groups in total. The number of allylic oxidation sites excluding steroid dienone is 1. The van der Waals surface area contributed by atoms with E-state index in [4.69, 9.17) is 10.5 Å². The Morgan fingerprint density at radius 3 is 2.61 bits per heavy atom. The van der Waals surface area contributed by atoms with Crippen LogP contribution in [0.25, 0.3) is 11.3 Å². The molecule has 0 spiro atoms. The van der Waals surface area contributed by atoms with Crippen LogP contribution in [-0.4, -0.2) is 35.4 Å². The fourth-order valence-electron chi connectivity index (χ4n) is 4.69. The van der Waals surface area contributed by atoms with E-state index in [2.05, 4.69) is 34.4 Å². The molecule has 1 aliphatic carbocycles. The number of carbonyl (C=O) groups excluding carboxylic acids is 1. The molecule has 6 nitrogen and oxygen atoms in total. The highest BCUT2D eigenvalue weighted by Gasteiger charge is 2.23. The van der Waals surface area contributed by atoms with Crippen LogP contribution in [-0.2, 0) is 0 Å². The van der Waals surface area contributed by atoms with Crippen LogP contribution >= 0.6 is 0 Å². The molecule has 8 heteroatoms. The van der Waals surface area contributed by atoms with Crippen molar-refractivity contribution in [1.29, 1.82) is 0 Å². The second-order valence-corrected chi connectivity index (χ2v) is 9.64. The summed E-state index contributed by atoms with van der Waals surface area (Å²) in [6.45, 7) is 7.50. The number of hydrogen-bond donors (Lipinski definition) is 2. The van der Waals surface area contributed by atoms with Gasteiger partial charge in [0.1, 0.15) is 28.8 Å². The van der Waals surface area contributed by atoms with Gasteiger partial charge in [-0.3, -0.25) is 9.78 Å². The molecule has 2 heterocycles. The monoisotopic (exact) mass is 522 g/mol. The second kappa shape index (κ2) is 13.2. The zero-order valence-electron chi connectivity index (χ0n) is 22.6. The number of aromatic nitrogens is 2. The highest BCUT2D eigenvalue weighted by Crippen LogP contribution is 2.36. The van der Waals surface area contributed by atoms with E-state index in [-0.39, 0.29) is 29.1 Å². The van der Waals surface area contributed by atoms with Crippen LogP contribution < -0.4 is 15.8 Å². The number of anilines is 1. The normalized spacial score (nSPS) is 16.8. The molecular formula is C30H36F2N4O2. The van der Waals surface area contributed by atoms with Crippen LogP contribution in [0.5, 0.6) is 5.75 Å². The molecule has 0 fully saturated rings. The smallest absolute Gasteiger partial charge is 0.168 e. The lowest BCUT2D eigenvalue weighted by Crippen LogP contribution is -2.25. The van der Waals surface area contributed by atoms with Gasteiger partial charge in [-0.15, -0.1) is 0 Å². The number of aryl methyl sites for hydroxylation is 1. The Morgan fingerprint density at radius 2 is 1.97 bits per heavy atom. The van der Waals surface area contributed by atoms with E-state index >= 15 is 0 Å². The van der Waals surface area contributed by atoms with Gasteiger partial charge in [-0.2, -0.15) is 0 Å². The largest absolute Gasteiger partial charge is 0.491 e. The van der Waals surface area contributed by atoms with Crippen LogP contribution in [0.15, 0.2) is 54.4 Å². The van der Waals surface area contributed by atoms with Gasteiger partial charge in [0.05, 0.1) is 18.0 Å². The number of pyridine rings is 2. The molecule has 1 aromatic carbocycles. The highest BCUT2D eigenvalue weighted by atomic mass is 19.1. The van der Waals surface area contributed by atoms with Gasteiger partial charge >= 0.3 is 0 Å². The van der Waals surface area contributed by atoms with Crippen LogP contribution in [0.4, 0.5) is 14.5 Å². The average molecular weight is 523 g/mol. The van der Waals surface area contributed by atoms with Gasteiger partial charge < -0.3 is 15.8 Å². The van der Waals surface area contributed by atoms with Gasteiger partial charge in [0.25, 0.3) is 0 Å². The van der Waals surface area contributed by atoms with Crippen molar-refractivity contribution in [2.45, 2.75) is 65.0 Å². The van der Waals surface area contributed by atoms with E-state index in [1.165, 1.54) is 23.3 Å². The Kier molecular flexibility index (Phi) is 10.1. The summed E-state index contributed by atoms with van der Waals surface area (Å²) in [5, 5.41) is 3.22. The molecule has 0 amide bonds. The van der Waals surface area contributed by atoms with Gasteiger partial charge in [0.2, 0.25) is 0 Å². The maximum Gasteiger partial charge on any atom is 0.168 e. The van der Waals surface area contributed by atoms with E-state index < -0.39 is 11.6 Å². The molecule has 2 unspecified atom stereocenters. The molecule has 2 aromatic heterocycles. The first-order chi connectivity index (χ1) is 18.2. The fraction of sp³-hybridized carbons (Fsp3) is 0.367. The third-order valence-electron chi connectivity index (χ3n) is 6.39. The molecular weight excluding hydrogens is 486 g/mol. The molecule has 0 bridgehead atoms. The first-order valence-electron chi connectivity index (χ1n) is 12.8. The van der Waals surface area contributed by atoms with Crippen LogP contribution in [0, 0.1) is 18.6 Å². The summed E-state index contributed by atoms with van der Waals surface area (Å²) in [5.41, 5.74) is 10.5. The fourth-order valence-corrected chi connectivity index (χ4v) is 4.69. The number of nitrogens with zero attached hydrogens (tertiary/aromatic N) is 2. The van der Waals surface area contributed by atoms with Gasteiger partial charge in [-0.1, -0.05) is 18.6 Å². The molecule has 38 heavy (non-hydrogen) atoms. The average Bonchev–Trinajstić information content (AvgIpc) is 2.89. The van der Waals surface area contributed by atoms with Crippen molar-refractivity contribution in [3.05, 3.63) is 82.8 Å². The van der Waals surface area contributed by atoms with Crippen molar-refractivity contribution >= 4 is 12.0 Å². The first kappa shape index (κ1) is 28.9. The van der Waals surface area contributed by atoms with Crippen molar-refractivity contribution in [3.63, 3.8) is 0 Å². The molecule has 2 atom stereocenters. The zero-order chi connectivity index (χ0) is 27.8. The van der Waals surface area contributed by atoms with E-state index in [1.54, 1.807) is 13.0 Å². The number of halogens is 2. The van der Waals surface area contributed by atoms with Crippen molar-refractivity contribution < 1.29 is 18.3 Å². The molecule has 0 aliphatic heterocycles. The number of ether oxygens (including phenoxy) is 1. The lowest BCUT2D eigenvalue weighted by atomic mass is 9.81. The van der Waals surface area contributed by atoms with Crippen LogP contribution in [0.1, 0.15) is 67.6 Å². The van der Waals surface area contributed by atoms with Gasteiger partial charge in [0.15, 0.2) is 6.29 Å². The molecule has 3 aromatic rings. The Bertz CT molecular complexity index is 1270. The lowest BCUT2D eigenvalue weighted by Gasteiger charge is -2.28. The summed E-state index contributed by atoms with van der Waals surface area (Å²) < 4.78 is 33.6. The quantitative estimate of drug-likeness (QED) is 0.268. The van der Waals surface area contributed by atoms with E-state index in [9.17, 15) is 13.6 Å². The van der Waals surface area contributed by atoms with Gasteiger partial charge in [-0.25, -0.2) is 13.8 Å². The number of carbonyl (C=O) groups is 1. The number of benzene rings is 1. The first-order valence-corrected chi connectivity index (χ1v) is 12.8. The van der Waals surface area contributed by atoms with Crippen LogP contribution in [0.3, 0.4) is 0 Å². The number of hydrogen-bond acceptors (Lipinski definition) is 6. The SMILES string of the molecule is CCC1=CC(N)CC(c2ccncc2NC)C1.Cc1cc(OC(C)C)cc(F)c1-c1nc(C=O)ccc1F. The lowest BCUT2D eigenvalue weighted by molar-refractivity contribution is 0.111. The van der Waals surface area contributed by atoms with E-state index in [0.717, 1.165) is 31.0 Å². The minimum Gasteiger partial charge on any atom is -0.491 e. The molecule has 0 radical (unpaired) electrons. The predicted octanol–water partition coefficient (Wildman–Crippen LogP) is 6.60. The Morgan fingerprint density at radius 1 is 1.21 bits per heavy atom. The highest BCUT2D eigenvalue weighted by molar-refractivity contribution is 5.75. The van der Waals surface area contributed by atoms with Crippen molar-refractivity contribution in [1.82, 2.24) is 9.97 Å². The Hall–Kier alpha value is -3.65. The van der Waals surface area contributed by atoms with E-state index in [1.807, 2.05) is 33.3 Å². The maximum atomic E-state index is 14.3. The summed E-state index contributed by atoms with van der Waals surface area (Å²) >= 11 is 0. The standard InChI is InChI=1S/C16H15F2NO2.C14H21N3/c1-9(2)21-12-6-10(3)15(14(18)7-12)16-13(17)5-4-11(8-20)19-16;1-3-10-6-11(8-12(15)7-10)13-4-5-17-9-14(13)16-2/h4-9H,1-3H3;4-5,7,9,11-12,16H,3,6,8,15H2,1-2H3. The number of nitrogens with one attached hydrogen (secondary N) is 1. The molecule has 0 saturated heterocycles. The predicted molar refractivity (Wildman–Crippen MR) is 148 cm³/mol. The Balaban J connectivity index is 0.000000215. The van der Waals surface area contributed by atoms with E-state index in [0.29, 0.717) is 23.5 Å². The summed E-state index contributed by atoms with van der Waals surface area (Å²) in [6, 6.07) is 7.46. The molecule has 202 valence electrons. The molecule has 4 rings (SSSR count). The second-order valence-electron chi connectivity index (χ2n) is 9.64. The third kappa shape index (κ3) is 7.22. The van der Waals surface area contributed by atoms with Crippen molar-refractivity contribution in [3.8, 4) is 17.0 Å². The zero-order valence-corrected chi connectivity index (χ0v) is 22.6. The summed E-state index contributed by atoms with van der Waals surface area (Å²) in [7, 11) is 1.94. The minimum absolute atomic E-state index is 0.0345. The summed E-state index contributed by atoms with van der Waals surface area (Å²) in [6.07, 6.45) is 9.65. The number of nitrogens with two attached hydrogens (primary N) is 1. The Labute approximate surface area is 223 Å². The minimum atomic E-state index is -0.680. The number of aldehydes is 1. The third-order valence-corrected chi connectivity index (χ3v) is 6.39. The van der Waals surface area contributed by atoms with Crippen molar-refractivity contribution in [2.24, 2.45) is 5.73 Å². The molecule has 1 aliphatic rings. The maximum absolute atomic E-state index is 14.3. The van der Waals surface area contributed by atoms with Crippen molar-refractivity contribution in [2.75, 3.05) is 12.4 Å². The summed E-state index contributed by atoms with van der Waals surface area (Å²) in [4.78, 5) is 18.8. The number of rotatable bonds is 7.